The van der Waals surface area contributed by atoms with Gasteiger partial charge in [-0.3, -0.25) is 4.79 Å². The number of rotatable bonds is 1. The average molecular weight is 219 g/mol. The lowest BCUT2D eigenvalue weighted by molar-refractivity contribution is 0.0697. The SMILES string of the molecule is Cc1cc(C(=O)N2CCC(C#N)CC2)no1. The molecule has 0 saturated carbocycles. The van der Waals surface area contributed by atoms with Crippen LogP contribution < -0.4 is 0 Å². The Morgan fingerprint density at radius 2 is 2.31 bits per heavy atom. The molecule has 1 saturated heterocycles. The van der Waals surface area contributed by atoms with Crippen molar-refractivity contribution in [2.45, 2.75) is 19.8 Å². The van der Waals surface area contributed by atoms with Crippen LogP contribution in [0.2, 0.25) is 0 Å². The van der Waals surface area contributed by atoms with Gasteiger partial charge in [0.05, 0.1) is 6.07 Å². The van der Waals surface area contributed by atoms with Crippen molar-refractivity contribution in [3.8, 4) is 6.07 Å². The largest absolute Gasteiger partial charge is 0.361 e. The van der Waals surface area contributed by atoms with Crippen LogP contribution in [0.3, 0.4) is 0 Å². The molecule has 1 aromatic rings. The number of nitrogens with zero attached hydrogens (tertiary/aromatic N) is 3. The Bertz CT molecular complexity index is 425. The molecule has 2 rings (SSSR count). The number of carbonyl (C=O) groups is 1. The molecule has 1 aliphatic rings. The number of likely N-dealkylation sites (tertiary alicyclic amines) is 1. The van der Waals surface area contributed by atoms with E-state index >= 15 is 0 Å². The molecular weight excluding hydrogens is 206 g/mol. The number of hydrogen-bond acceptors (Lipinski definition) is 4. The predicted octanol–water partition coefficient (Wildman–Crippen LogP) is 1.36. The van der Waals surface area contributed by atoms with Crippen LogP contribution in [0.4, 0.5) is 0 Å². The standard InChI is InChI=1S/C11H13N3O2/c1-8-6-10(13-16-8)11(15)14-4-2-9(7-12)3-5-14/h6,9H,2-5H2,1H3. The molecule has 0 unspecified atom stereocenters. The molecule has 5 nitrogen and oxygen atoms in total. The summed E-state index contributed by atoms with van der Waals surface area (Å²) in [5.74, 6) is 0.617. The molecule has 0 aliphatic carbocycles. The highest BCUT2D eigenvalue weighted by atomic mass is 16.5. The van der Waals surface area contributed by atoms with Gasteiger partial charge in [-0.25, -0.2) is 0 Å². The number of piperidine rings is 1. The summed E-state index contributed by atoms with van der Waals surface area (Å²) in [5.41, 5.74) is 0.355. The van der Waals surface area contributed by atoms with Crippen molar-refractivity contribution >= 4 is 5.91 Å². The maximum Gasteiger partial charge on any atom is 0.276 e. The van der Waals surface area contributed by atoms with Crippen LogP contribution in [-0.2, 0) is 0 Å². The third-order valence-electron chi connectivity index (χ3n) is 2.81. The highest BCUT2D eigenvalue weighted by molar-refractivity contribution is 5.92. The Hall–Kier alpha value is -1.83. The van der Waals surface area contributed by atoms with Crippen LogP contribution in [-0.4, -0.2) is 29.1 Å². The van der Waals surface area contributed by atoms with Gasteiger partial charge in [-0.05, 0) is 19.8 Å². The van der Waals surface area contributed by atoms with E-state index in [0.29, 0.717) is 24.5 Å². The van der Waals surface area contributed by atoms with E-state index < -0.39 is 0 Å². The van der Waals surface area contributed by atoms with Crippen molar-refractivity contribution in [3.63, 3.8) is 0 Å². The minimum Gasteiger partial charge on any atom is -0.361 e. The quantitative estimate of drug-likeness (QED) is 0.715. The third-order valence-corrected chi connectivity index (χ3v) is 2.81. The summed E-state index contributed by atoms with van der Waals surface area (Å²) >= 11 is 0. The molecule has 1 fully saturated rings. The second-order valence-corrected chi connectivity index (χ2v) is 4.02. The van der Waals surface area contributed by atoms with Gasteiger partial charge in [-0.15, -0.1) is 0 Å². The molecule has 1 aromatic heterocycles. The lowest BCUT2D eigenvalue weighted by Crippen LogP contribution is -2.38. The molecule has 5 heteroatoms. The van der Waals surface area contributed by atoms with Gasteiger partial charge in [0.25, 0.3) is 5.91 Å². The normalized spacial score (nSPS) is 17.1. The van der Waals surface area contributed by atoms with Gasteiger partial charge in [0.2, 0.25) is 0 Å². The van der Waals surface area contributed by atoms with Crippen molar-refractivity contribution in [1.82, 2.24) is 10.1 Å². The smallest absolute Gasteiger partial charge is 0.276 e. The Morgan fingerprint density at radius 3 is 2.81 bits per heavy atom. The van der Waals surface area contributed by atoms with Gasteiger partial charge in [0.1, 0.15) is 5.76 Å². The van der Waals surface area contributed by atoms with Crippen LogP contribution >= 0.6 is 0 Å². The van der Waals surface area contributed by atoms with Gasteiger partial charge in [0.15, 0.2) is 5.69 Å². The van der Waals surface area contributed by atoms with Crippen LogP contribution in [0.25, 0.3) is 0 Å². The Kier molecular flexibility index (Phi) is 2.91. The van der Waals surface area contributed by atoms with E-state index in [0.717, 1.165) is 12.8 Å². The van der Waals surface area contributed by atoms with Crippen molar-refractivity contribution in [2.24, 2.45) is 5.92 Å². The number of aryl methyl sites for hydroxylation is 1. The second-order valence-electron chi connectivity index (χ2n) is 4.02. The van der Waals surface area contributed by atoms with Crippen LogP contribution in [0, 0.1) is 24.2 Å². The highest BCUT2D eigenvalue weighted by Gasteiger charge is 2.25. The highest BCUT2D eigenvalue weighted by Crippen LogP contribution is 2.18. The molecule has 0 atom stereocenters. The van der Waals surface area contributed by atoms with Crippen LogP contribution in [0.5, 0.6) is 0 Å². The number of hydrogen-bond donors (Lipinski definition) is 0. The monoisotopic (exact) mass is 219 g/mol. The summed E-state index contributed by atoms with van der Waals surface area (Å²) in [4.78, 5) is 13.7. The maximum absolute atomic E-state index is 11.9. The van der Waals surface area contributed by atoms with Crippen molar-refractivity contribution in [1.29, 1.82) is 5.26 Å². The molecule has 2 heterocycles. The fraction of sp³-hybridized carbons (Fsp3) is 0.545. The summed E-state index contributed by atoms with van der Waals surface area (Å²) in [6.07, 6.45) is 1.50. The molecule has 0 radical (unpaired) electrons. The number of aromatic nitrogens is 1. The number of nitriles is 1. The molecule has 0 N–H and O–H groups in total. The maximum atomic E-state index is 11.9. The van der Waals surface area contributed by atoms with Crippen LogP contribution in [0.1, 0.15) is 29.1 Å². The van der Waals surface area contributed by atoms with E-state index in [1.165, 1.54) is 0 Å². The lowest BCUT2D eigenvalue weighted by Gasteiger charge is -2.28. The van der Waals surface area contributed by atoms with Crippen molar-refractivity contribution < 1.29 is 9.32 Å². The minimum atomic E-state index is -0.103. The minimum absolute atomic E-state index is 0.0862. The van der Waals surface area contributed by atoms with Gasteiger partial charge in [-0.1, -0.05) is 5.16 Å². The molecule has 1 aliphatic heterocycles. The summed E-state index contributed by atoms with van der Waals surface area (Å²) in [7, 11) is 0. The molecule has 0 bridgehead atoms. The van der Waals surface area contributed by atoms with E-state index in [4.69, 9.17) is 9.78 Å². The van der Waals surface area contributed by atoms with E-state index in [2.05, 4.69) is 11.2 Å². The fourth-order valence-corrected chi connectivity index (χ4v) is 1.84. The topological polar surface area (TPSA) is 70.1 Å². The molecule has 1 amide bonds. The third kappa shape index (κ3) is 2.06. The number of carbonyl (C=O) groups excluding carboxylic acids is 1. The molecule has 84 valence electrons. The average Bonchev–Trinajstić information content (AvgIpc) is 2.75. The summed E-state index contributed by atoms with van der Waals surface area (Å²) < 4.78 is 4.87. The fourth-order valence-electron chi connectivity index (χ4n) is 1.84. The second kappa shape index (κ2) is 4.35. The zero-order chi connectivity index (χ0) is 11.5. The van der Waals surface area contributed by atoms with Gasteiger partial charge >= 0.3 is 0 Å². The zero-order valence-electron chi connectivity index (χ0n) is 9.14. The van der Waals surface area contributed by atoms with E-state index in [1.54, 1.807) is 17.9 Å². The molecular formula is C11H13N3O2. The molecule has 0 aromatic carbocycles. The van der Waals surface area contributed by atoms with E-state index in [9.17, 15) is 4.79 Å². The van der Waals surface area contributed by atoms with Crippen molar-refractivity contribution in [2.75, 3.05) is 13.1 Å². The molecule has 16 heavy (non-hydrogen) atoms. The first kappa shape index (κ1) is 10.7. The van der Waals surface area contributed by atoms with Gasteiger partial charge in [0, 0.05) is 25.1 Å². The van der Waals surface area contributed by atoms with Crippen molar-refractivity contribution in [3.05, 3.63) is 17.5 Å². The molecule has 0 spiro atoms. The summed E-state index contributed by atoms with van der Waals surface area (Å²) in [5, 5.41) is 12.5. The van der Waals surface area contributed by atoms with E-state index in [-0.39, 0.29) is 11.8 Å². The lowest BCUT2D eigenvalue weighted by atomic mass is 9.98. The predicted molar refractivity (Wildman–Crippen MR) is 55.5 cm³/mol. The zero-order valence-corrected chi connectivity index (χ0v) is 9.14. The van der Waals surface area contributed by atoms with Gasteiger partial charge < -0.3 is 9.42 Å². The van der Waals surface area contributed by atoms with E-state index in [1.807, 2.05) is 0 Å². The first-order valence-corrected chi connectivity index (χ1v) is 5.33. The first-order chi connectivity index (χ1) is 7.70. The Balaban J connectivity index is 2.00. The number of amides is 1. The van der Waals surface area contributed by atoms with Gasteiger partial charge in [-0.2, -0.15) is 5.26 Å². The van der Waals surface area contributed by atoms with Crippen LogP contribution in [0.15, 0.2) is 10.6 Å². The Morgan fingerprint density at radius 1 is 1.62 bits per heavy atom. The Labute approximate surface area is 93.6 Å². The summed E-state index contributed by atoms with van der Waals surface area (Å²) in [6, 6.07) is 3.87. The summed E-state index contributed by atoms with van der Waals surface area (Å²) in [6.45, 7) is 3.01. The first-order valence-electron chi connectivity index (χ1n) is 5.33.